The zero-order chi connectivity index (χ0) is 35.5. The second kappa shape index (κ2) is 14.8. The number of nitrogens with zero attached hydrogens (tertiary/aromatic N) is 5. The molecule has 4 amide bonds. The maximum atomic E-state index is 13.4. The van der Waals surface area contributed by atoms with Crippen molar-refractivity contribution in [3.05, 3.63) is 72.6 Å². The third kappa shape index (κ3) is 7.10. The number of imidazole rings is 2. The van der Waals surface area contributed by atoms with E-state index in [9.17, 15) is 14.4 Å². The topological polar surface area (TPSA) is 140 Å². The molecule has 50 heavy (non-hydrogen) atoms. The van der Waals surface area contributed by atoms with E-state index in [-0.39, 0.29) is 36.0 Å². The molecule has 0 bridgehead atoms. The lowest BCUT2D eigenvalue weighted by molar-refractivity contribution is -0.137. The minimum Gasteiger partial charge on any atom is -0.452 e. The minimum atomic E-state index is -0.688. The molecule has 2 aliphatic rings. The second-order valence-electron chi connectivity index (χ2n) is 13.9. The van der Waals surface area contributed by atoms with Crippen LogP contribution in [0.2, 0.25) is 0 Å². The molecule has 2 aromatic carbocycles. The van der Waals surface area contributed by atoms with Crippen LogP contribution in [0, 0.1) is 11.8 Å². The molecule has 6 rings (SSSR count). The van der Waals surface area contributed by atoms with E-state index in [0.29, 0.717) is 18.3 Å². The maximum Gasteiger partial charge on any atom is 0.425 e. The van der Waals surface area contributed by atoms with Crippen LogP contribution in [-0.4, -0.2) is 79.0 Å². The van der Waals surface area contributed by atoms with Crippen molar-refractivity contribution in [3.63, 3.8) is 0 Å². The first kappa shape index (κ1) is 34.7. The molecule has 3 atom stereocenters. The highest BCUT2D eigenvalue weighted by Crippen LogP contribution is 2.35. The maximum absolute atomic E-state index is 13.4. The third-order valence-electron chi connectivity index (χ3n) is 10.1. The van der Waals surface area contributed by atoms with E-state index >= 15 is 0 Å². The number of hydrogen-bond donors (Lipinski definition) is 3. The molecule has 0 saturated carbocycles. The highest BCUT2D eigenvalue weighted by Gasteiger charge is 2.37. The smallest absolute Gasteiger partial charge is 0.425 e. The van der Waals surface area contributed by atoms with Crippen LogP contribution in [0.1, 0.15) is 84.0 Å². The van der Waals surface area contributed by atoms with Crippen LogP contribution in [0.4, 0.5) is 9.59 Å². The fourth-order valence-electron chi connectivity index (χ4n) is 6.81. The Bertz CT molecular complexity index is 1800. The highest BCUT2D eigenvalue weighted by atomic mass is 16.5. The van der Waals surface area contributed by atoms with Gasteiger partial charge in [-0.2, -0.15) is 0 Å². The van der Waals surface area contributed by atoms with Crippen molar-refractivity contribution in [2.75, 3.05) is 20.2 Å². The summed E-state index contributed by atoms with van der Waals surface area (Å²) in [6, 6.07) is 15.9. The molecule has 3 N–H and O–H groups in total. The van der Waals surface area contributed by atoms with Crippen molar-refractivity contribution in [2.24, 2.45) is 11.8 Å². The van der Waals surface area contributed by atoms with Crippen molar-refractivity contribution in [1.29, 1.82) is 0 Å². The molecule has 0 spiro atoms. The van der Waals surface area contributed by atoms with Gasteiger partial charge in [0.15, 0.2) is 0 Å². The van der Waals surface area contributed by atoms with Gasteiger partial charge in [0.2, 0.25) is 5.91 Å². The summed E-state index contributed by atoms with van der Waals surface area (Å²) in [5, 5.41) is 1.30. The fourth-order valence-corrected chi connectivity index (χ4v) is 6.81. The fraction of sp³-hybridized carbons (Fsp3) is 0.447. The van der Waals surface area contributed by atoms with Gasteiger partial charge in [0.25, 0.3) is 0 Å². The highest BCUT2D eigenvalue weighted by molar-refractivity contribution is 5.80. The predicted octanol–water partition coefficient (Wildman–Crippen LogP) is 7.33. The number of rotatable bonds is 8. The first-order valence-electron chi connectivity index (χ1n) is 17.6. The SMILES string of the molecule is COC(=O)NN(C(=O)N1CCC[C@H]1c1ncc(-c2ccc(-c3ccc(-c4cnc([C@@H]5CCCN5C(=O)[C@@H](C)C(C)C)[nH]4)cc3)cc2)[nH]1)C(C)C. The van der Waals surface area contributed by atoms with E-state index in [0.717, 1.165) is 71.7 Å². The Kier molecular flexibility index (Phi) is 10.3. The number of aromatic nitrogens is 4. The largest absolute Gasteiger partial charge is 0.452 e. The van der Waals surface area contributed by atoms with Crippen LogP contribution in [0.5, 0.6) is 0 Å². The summed E-state index contributed by atoms with van der Waals surface area (Å²) < 4.78 is 4.71. The zero-order valence-electron chi connectivity index (χ0n) is 29.8. The molecule has 12 heteroatoms. The molecular weight excluding hydrogens is 632 g/mol. The van der Waals surface area contributed by atoms with E-state index < -0.39 is 6.09 Å². The Hall–Kier alpha value is -5.13. The van der Waals surface area contributed by atoms with Crippen molar-refractivity contribution >= 4 is 18.0 Å². The van der Waals surface area contributed by atoms with Crippen LogP contribution in [-0.2, 0) is 9.53 Å². The molecule has 0 radical (unpaired) electrons. The van der Waals surface area contributed by atoms with Gasteiger partial charge in [-0.3, -0.25) is 4.79 Å². The van der Waals surface area contributed by atoms with Gasteiger partial charge >= 0.3 is 12.1 Å². The number of aromatic amines is 2. The number of nitrogens with one attached hydrogen (secondary N) is 3. The van der Waals surface area contributed by atoms with Crippen LogP contribution in [0.25, 0.3) is 33.6 Å². The lowest BCUT2D eigenvalue weighted by atomic mass is 9.96. The molecule has 4 heterocycles. The van der Waals surface area contributed by atoms with E-state index in [1.165, 1.54) is 12.1 Å². The Morgan fingerprint density at radius 1 is 0.760 bits per heavy atom. The number of carbonyl (C=O) groups is 3. The summed E-state index contributed by atoms with van der Waals surface area (Å²) in [5.41, 5.74) is 8.55. The number of hydrogen-bond acceptors (Lipinski definition) is 6. The van der Waals surface area contributed by atoms with Gasteiger partial charge in [-0.15, -0.1) is 0 Å². The summed E-state index contributed by atoms with van der Waals surface area (Å²) in [5.74, 6) is 2.07. The van der Waals surface area contributed by atoms with E-state index in [1.54, 1.807) is 11.1 Å². The predicted molar refractivity (Wildman–Crippen MR) is 191 cm³/mol. The van der Waals surface area contributed by atoms with Gasteiger partial charge < -0.3 is 24.5 Å². The molecule has 2 fully saturated rings. The van der Waals surface area contributed by atoms with Crippen LogP contribution in [0.15, 0.2) is 60.9 Å². The number of amides is 4. The van der Waals surface area contributed by atoms with Crippen LogP contribution < -0.4 is 5.43 Å². The summed E-state index contributed by atoms with van der Waals surface area (Å²) in [6.07, 6.45) is 6.50. The number of methoxy groups -OCH3 is 1. The second-order valence-corrected chi connectivity index (χ2v) is 13.9. The van der Waals surface area contributed by atoms with Gasteiger partial charge in [0, 0.05) is 25.0 Å². The molecule has 2 saturated heterocycles. The summed E-state index contributed by atoms with van der Waals surface area (Å²) in [6.45, 7) is 11.2. The summed E-state index contributed by atoms with van der Waals surface area (Å²) in [4.78, 5) is 58.5. The van der Waals surface area contributed by atoms with E-state index in [4.69, 9.17) is 9.72 Å². The number of benzene rings is 2. The van der Waals surface area contributed by atoms with Crippen molar-refractivity contribution in [1.82, 2.24) is 40.2 Å². The standard InChI is InChI=1S/C38H48N8O4/c1-23(2)25(5)36(47)44-19-7-9-32(44)34-39-21-30(41-34)28-15-11-26(12-16-28)27-13-17-29(18-14-27)31-22-40-35(42-31)33-10-8-20-45(33)38(49)46(24(3)4)43-37(48)50-6/h11-18,21-25,32-33H,7-10,19-20H2,1-6H3,(H,39,41)(H,40,42)(H,43,48)/t25-,32-,33-/m0/s1. The van der Waals surface area contributed by atoms with Gasteiger partial charge in [0.05, 0.1) is 43.0 Å². The normalized spacial score (nSPS) is 18.2. The first-order chi connectivity index (χ1) is 24.0. The number of urea groups is 1. The number of H-pyrrole nitrogens is 2. The van der Waals surface area contributed by atoms with E-state index in [1.807, 2.05) is 31.9 Å². The molecular formula is C38H48N8O4. The molecule has 0 aliphatic carbocycles. The molecule has 12 nitrogen and oxygen atoms in total. The zero-order valence-corrected chi connectivity index (χ0v) is 29.8. The van der Waals surface area contributed by atoms with Gasteiger partial charge in [-0.25, -0.2) is 30.0 Å². The van der Waals surface area contributed by atoms with E-state index in [2.05, 4.69) is 82.8 Å². The third-order valence-corrected chi connectivity index (χ3v) is 10.1. The first-order valence-corrected chi connectivity index (χ1v) is 17.6. The summed E-state index contributed by atoms with van der Waals surface area (Å²) in [7, 11) is 1.27. The molecule has 2 aromatic heterocycles. The Balaban J connectivity index is 1.11. The lowest BCUT2D eigenvalue weighted by Gasteiger charge is -2.33. The molecule has 4 aromatic rings. The average Bonchev–Trinajstić information content (AvgIpc) is 3.96. The summed E-state index contributed by atoms with van der Waals surface area (Å²) >= 11 is 0. The van der Waals surface area contributed by atoms with Gasteiger partial charge in [-0.1, -0.05) is 69.3 Å². The number of ether oxygens (including phenoxy) is 1. The number of likely N-dealkylation sites (tertiary alicyclic amines) is 2. The Morgan fingerprint density at radius 3 is 1.68 bits per heavy atom. The molecule has 2 aliphatic heterocycles. The Labute approximate surface area is 293 Å². The number of carbonyl (C=O) groups excluding carboxylic acids is 3. The van der Waals surface area contributed by atoms with Crippen LogP contribution in [0.3, 0.4) is 0 Å². The van der Waals surface area contributed by atoms with Crippen LogP contribution >= 0.6 is 0 Å². The van der Waals surface area contributed by atoms with Crippen molar-refractivity contribution in [3.8, 4) is 33.6 Å². The molecule has 0 unspecified atom stereocenters. The van der Waals surface area contributed by atoms with Crippen molar-refractivity contribution < 1.29 is 19.1 Å². The Morgan fingerprint density at radius 2 is 1.22 bits per heavy atom. The minimum absolute atomic E-state index is 0.00801. The molecule has 264 valence electrons. The van der Waals surface area contributed by atoms with Gasteiger partial charge in [-0.05, 0) is 67.7 Å². The average molecular weight is 681 g/mol. The van der Waals surface area contributed by atoms with Gasteiger partial charge in [0.1, 0.15) is 11.6 Å². The van der Waals surface area contributed by atoms with Crippen molar-refractivity contribution in [2.45, 2.75) is 78.4 Å². The quantitative estimate of drug-likeness (QED) is 0.167. The lowest BCUT2D eigenvalue weighted by Crippen LogP contribution is -2.54. The number of hydrazine groups is 1. The monoisotopic (exact) mass is 680 g/mol.